The highest BCUT2D eigenvalue weighted by atomic mass is 16.6. The van der Waals surface area contributed by atoms with Crippen molar-refractivity contribution in [1.29, 1.82) is 0 Å². The average molecular weight is 489 g/mol. The first-order valence-corrected chi connectivity index (χ1v) is 14.1. The third kappa shape index (κ3) is 4.17. The Morgan fingerprint density at radius 2 is 1.39 bits per heavy atom. The van der Waals surface area contributed by atoms with Crippen LogP contribution in [0.25, 0.3) is 0 Å². The maximum absolute atomic E-state index is 13.8. The fourth-order valence-corrected chi connectivity index (χ4v) is 7.40. The van der Waals surface area contributed by atoms with Crippen molar-refractivity contribution >= 4 is 11.9 Å². The average Bonchev–Trinajstić information content (AvgIpc) is 3.17. The van der Waals surface area contributed by atoms with E-state index in [4.69, 9.17) is 9.47 Å². The number of benzene rings is 2. The molecule has 1 saturated heterocycles. The second-order valence-corrected chi connectivity index (χ2v) is 11.0. The summed E-state index contributed by atoms with van der Waals surface area (Å²) in [6, 6.07) is 16.9. The van der Waals surface area contributed by atoms with Crippen LogP contribution < -0.4 is 0 Å². The molecule has 0 N–H and O–H groups in total. The first kappa shape index (κ1) is 25.0. The minimum Gasteiger partial charge on any atom is -0.469 e. The van der Waals surface area contributed by atoms with Crippen molar-refractivity contribution < 1.29 is 19.1 Å². The maximum Gasteiger partial charge on any atom is 0.314 e. The summed E-state index contributed by atoms with van der Waals surface area (Å²) < 4.78 is 11.4. The number of ether oxygens (including phenoxy) is 2. The zero-order valence-corrected chi connectivity index (χ0v) is 21.8. The van der Waals surface area contributed by atoms with E-state index < -0.39 is 17.4 Å². The number of cyclic esters (lactones) is 1. The van der Waals surface area contributed by atoms with Crippen molar-refractivity contribution in [3.05, 3.63) is 70.8 Å². The largest absolute Gasteiger partial charge is 0.469 e. The van der Waals surface area contributed by atoms with Gasteiger partial charge in [-0.2, -0.15) is 0 Å². The molecular weight excluding hydrogens is 448 g/mol. The van der Waals surface area contributed by atoms with E-state index in [9.17, 15) is 9.59 Å². The standard InChI is InChI=1S/C32H40O4/c1-3-4-5-6-7-8-9-10-11-20-27-29(30(33)35-2)32(31(34)36-27)21-26-22-16-12-14-18-24(22)28(32)25-19-15-13-17-23(25)26/h12-19,26-29H,3-11,20-21H2,1-2H3/t26?,27-,28?,29+,32-/m0/s1. The Morgan fingerprint density at radius 3 is 1.94 bits per heavy atom. The summed E-state index contributed by atoms with van der Waals surface area (Å²) in [7, 11) is 1.44. The monoisotopic (exact) mass is 488 g/mol. The third-order valence-electron chi connectivity index (χ3n) is 9.03. The van der Waals surface area contributed by atoms with E-state index >= 15 is 0 Å². The van der Waals surface area contributed by atoms with Crippen molar-refractivity contribution in [2.24, 2.45) is 11.3 Å². The van der Waals surface area contributed by atoms with Gasteiger partial charge in [-0.1, -0.05) is 107 Å². The number of methoxy groups -OCH3 is 1. The van der Waals surface area contributed by atoms with E-state index in [0.29, 0.717) is 6.42 Å². The van der Waals surface area contributed by atoms with Crippen LogP contribution in [0.4, 0.5) is 0 Å². The van der Waals surface area contributed by atoms with Crippen LogP contribution in [0, 0.1) is 11.3 Å². The second kappa shape index (κ2) is 10.8. The highest BCUT2D eigenvalue weighted by Crippen LogP contribution is 2.66. The van der Waals surface area contributed by atoms with Gasteiger partial charge < -0.3 is 9.47 Å². The lowest BCUT2D eigenvalue weighted by Crippen LogP contribution is -2.51. The molecule has 4 nitrogen and oxygen atoms in total. The van der Waals surface area contributed by atoms with Crippen LogP contribution in [0.15, 0.2) is 48.5 Å². The molecule has 192 valence electrons. The van der Waals surface area contributed by atoms with Gasteiger partial charge in [0.15, 0.2) is 0 Å². The maximum atomic E-state index is 13.8. The summed E-state index contributed by atoms with van der Waals surface area (Å²) >= 11 is 0. The highest BCUT2D eigenvalue weighted by molar-refractivity contribution is 5.92. The van der Waals surface area contributed by atoms with Crippen molar-refractivity contribution in [1.82, 2.24) is 0 Å². The van der Waals surface area contributed by atoms with Crippen LogP contribution in [-0.2, 0) is 19.1 Å². The molecule has 0 saturated carbocycles. The molecule has 0 unspecified atom stereocenters. The summed E-state index contributed by atoms with van der Waals surface area (Å²) in [5.74, 6) is -1.17. The molecular formula is C32H40O4. The molecule has 1 aliphatic heterocycles. The number of carbonyl (C=O) groups is 2. The predicted molar refractivity (Wildman–Crippen MR) is 141 cm³/mol. The molecule has 1 fully saturated rings. The molecule has 0 aromatic heterocycles. The molecule has 3 aliphatic carbocycles. The Hall–Kier alpha value is -2.62. The smallest absolute Gasteiger partial charge is 0.314 e. The SMILES string of the molecule is CCCCCCCCCCC[C@@H]1OC(=O)[C@]2(CC3c4ccccc4C2c2ccccc23)[C@H]1C(=O)OC. The van der Waals surface area contributed by atoms with Gasteiger partial charge in [0, 0.05) is 11.8 Å². The first-order chi connectivity index (χ1) is 17.6. The van der Waals surface area contributed by atoms with Crippen LogP contribution in [-0.4, -0.2) is 25.2 Å². The lowest BCUT2D eigenvalue weighted by Gasteiger charge is -2.51. The molecule has 36 heavy (non-hydrogen) atoms. The van der Waals surface area contributed by atoms with Crippen LogP contribution >= 0.6 is 0 Å². The normalized spacial score (nSPS) is 27.6. The number of unbranched alkanes of at least 4 members (excludes halogenated alkanes) is 8. The van der Waals surface area contributed by atoms with Crippen molar-refractivity contribution in [2.45, 2.75) is 95.5 Å². The molecule has 6 rings (SSSR count). The van der Waals surface area contributed by atoms with E-state index in [1.54, 1.807) is 0 Å². The lowest BCUT2D eigenvalue weighted by atomic mass is 9.48. The van der Waals surface area contributed by atoms with E-state index in [-0.39, 0.29) is 23.8 Å². The molecule has 2 aromatic rings. The van der Waals surface area contributed by atoms with E-state index in [1.165, 1.54) is 74.3 Å². The van der Waals surface area contributed by atoms with Gasteiger partial charge in [0.25, 0.3) is 0 Å². The van der Waals surface area contributed by atoms with Crippen molar-refractivity contribution in [3.8, 4) is 0 Å². The highest BCUT2D eigenvalue weighted by Gasteiger charge is 2.69. The van der Waals surface area contributed by atoms with E-state index in [0.717, 1.165) is 19.3 Å². The Kier molecular flexibility index (Phi) is 7.50. The Morgan fingerprint density at radius 1 is 0.861 bits per heavy atom. The molecule has 3 atom stereocenters. The zero-order chi connectivity index (χ0) is 25.1. The van der Waals surface area contributed by atoms with Gasteiger partial charge in [-0.05, 0) is 41.5 Å². The lowest BCUT2D eigenvalue weighted by molar-refractivity contribution is -0.155. The fraction of sp³-hybridized carbons (Fsp3) is 0.562. The van der Waals surface area contributed by atoms with Gasteiger partial charge in [-0.3, -0.25) is 9.59 Å². The molecule has 4 aliphatic rings. The minimum atomic E-state index is -0.898. The van der Waals surface area contributed by atoms with Gasteiger partial charge in [0.1, 0.15) is 12.0 Å². The molecule has 1 heterocycles. The molecule has 0 amide bonds. The summed E-state index contributed by atoms with van der Waals surface area (Å²) in [5.41, 5.74) is 4.00. The molecule has 2 aromatic carbocycles. The number of esters is 2. The van der Waals surface area contributed by atoms with Crippen LogP contribution in [0.2, 0.25) is 0 Å². The fourth-order valence-electron chi connectivity index (χ4n) is 7.40. The molecule has 0 radical (unpaired) electrons. The number of rotatable bonds is 11. The van der Waals surface area contributed by atoms with Gasteiger partial charge in [-0.15, -0.1) is 0 Å². The quantitative estimate of drug-likeness (QED) is 0.246. The first-order valence-electron chi connectivity index (χ1n) is 14.1. The Labute approximate surface area is 215 Å². The van der Waals surface area contributed by atoms with Crippen molar-refractivity contribution in [2.75, 3.05) is 7.11 Å². The van der Waals surface area contributed by atoms with Crippen molar-refractivity contribution in [3.63, 3.8) is 0 Å². The van der Waals surface area contributed by atoms with Crippen LogP contribution in [0.1, 0.15) is 112 Å². The number of carbonyl (C=O) groups excluding carboxylic acids is 2. The van der Waals surface area contributed by atoms with Gasteiger partial charge >= 0.3 is 11.9 Å². The molecule has 1 spiro atoms. The number of hydrogen-bond donors (Lipinski definition) is 0. The van der Waals surface area contributed by atoms with Crippen LogP contribution in [0.5, 0.6) is 0 Å². The minimum absolute atomic E-state index is 0.0913. The zero-order valence-electron chi connectivity index (χ0n) is 21.8. The predicted octanol–water partition coefficient (Wildman–Crippen LogP) is 7.29. The summed E-state index contributed by atoms with van der Waals surface area (Å²) in [6.45, 7) is 2.25. The topological polar surface area (TPSA) is 52.6 Å². The van der Waals surface area contributed by atoms with E-state index in [2.05, 4.69) is 43.3 Å². The van der Waals surface area contributed by atoms with E-state index in [1.807, 2.05) is 12.1 Å². The van der Waals surface area contributed by atoms with Gasteiger partial charge in [0.2, 0.25) is 0 Å². The third-order valence-corrected chi connectivity index (χ3v) is 9.03. The summed E-state index contributed by atoms with van der Waals surface area (Å²) in [5, 5.41) is 0. The van der Waals surface area contributed by atoms with Gasteiger partial charge in [-0.25, -0.2) is 0 Å². The molecule has 4 heteroatoms. The summed E-state index contributed by atoms with van der Waals surface area (Å²) in [4.78, 5) is 27.2. The van der Waals surface area contributed by atoms with Gasteiger partial charge in [0.05, 0.1) is 12.5 Å². The summed E-state index contributed by atoms with van der Waals surface area (Å²) in [6.07, 6.45) is 12.0. The second-order valence-electron chi connectivity index (χ2n) is 11.0. The molecule has 2 bridgehead atoms. The Balaban J connectivity index is 1.36. The van der Waals surface area contributed by atoms with Crippen LogP contribution in [0.3, 0.4) is 0 Å². The Bertz CT molecular complexity index is 1040. The number of hydrogen-bond acceptors (Lipinski definition) is 4.